The summed E-state index contributed by atoms with van der Waals surface area (Å²) in [6, 6.07) is 4.99. The van der Waals surface area contributed by atoms with E-state index in [1.807, 2.05) is 0 Å². The minimum atomic E-state index is -0.339. The van der Waals surface area contributed by atoms with Crippen molar-refractivity contribution in [1.82, 2.24) is 4.98 Å². The van der Waals surface area contributed by atoms with Gasteiger partial charge in [-0.2, -0.15) is 0 Å². The van der Waals surface area contributed by atoms with Crippen molar-refractivity contribution < 1.29 is 4.79 Å². The molecule has 0 fully saturated rings. The monoisotopic (exact) mass is 287 g/mol. The first-order valence-corrected chi connectivity index (χ1v) is 6.12. The van der Waals surface area contributed by atoms with Gasteiger partial charge in [-0.25, -0.2) is 4.98 Å². The number of anilines is 2. The van der Waals surface area contributed by atoms with Crippen LogP contribution in [0.15, 0.2) is 24.4 Å². The van der Waals surface area contributed by atoms with Crippen LogP contribution in [0.1, 0.15) is 9.67 Å². The molecule has 0 radical (unpaired) electrons. The Bertz CT molecular complexity index is 550. The highest BCUT2D eigenvalue weighted by atomic mass is 35.5. The number of halogens is 2. The molecule has 1 amide bonds. The van der Waals surface area contributed by atoms with Gasteiger partial charge >= 0.3 is 0 Å². The van der Waals surface area contributed by atoms with Gasteiger partial charge in [0.15, 0.2) is 5.13 Å². The first-order chi connectivity index (χ1) is 8.08. The Hall–Kier alpha value is -1.30. The lowest BCUT2D eigenvalue weighted by Crippen LogP contribution is -2.10. The summed E-state index contributed by atoms with van der Waals surface area (Å²) in [5.74, 6) is -0.339. The summed E-state index contributed by atoms with van der Waals surface area (Å²) in [5.41, 5.74) is 5.83. The Balaban J connectivity index is 2.24. The standard InChI is InChI=1S/C10H7Cl2N3OS/c11-5-2-1-3-6(12)8(5)15-9(16)7-4-14-10(13)17-7/h1-4H,(H2,13,14)(H,15,16). The van der Waals surface area contributed by atoms with Gasteiger partial charge in [-0.3, -0.25) is 4.79 Å². The molecule has 0 aliphatic heterocycles. The summed E-state index contributed by atoms with van der Waals surface area (Å²) in [6.45, 7) is 0. The summed E-state index contributed by atoms with van der Waals surface area (Å²) >= 11 is 13.0. The fourth-order valence-electron chi connectivity index (χ4n) is 1.18. The van der Waals surface area contributed by atoms with Gasteiger partial charge < -0.3 is 11.1 Å². The number of nitrogens with zero attached hydrogens (tertiary/aromatic N) is 1. The zero-order chi connectivity index (χ0) is 12.4. The molecule has 0 aliphatic rings. The molecule has 0 spiro atoms. The van der Waals surface area contributed by atoms with E-state index in [9.17, 15) is 4.79 Å². The molecule has 0 aliphatic carbocycles. The number of para-hydroxylation sites is 1. The predicted octanol–water partition coefficient (Wildman–Crippen LogP) is 3.28. The van der Waals surface area contributed by atoms with Crippen molar-refractivity contribution in [3.63, 3.8) is 0 Å². The molecule has 0 saturated heterocycles. The highest BCUT2D eigenvalue weighted by Gasteiger charge is 2.13. The molecule has 1 heterocycles. The van der Waals surface area contributed by atoms with E-state index in [2.05, 4.69) is 10.3 Å². The maximum atomic E-state index is 11.8. The van der Waals surface area contributed by atoms with E-state index in [1.54, 1.807) is 18.2 Å². The molecule has 7 heteroatoms. The predicted molar refractivity (Wildman–Crippen MR) is 70.9 cm³/mol. The molecule has 0 bridgehead atoms. The van der Waals surface area contributed by atoms with E-state index < -0.39 is 0 Å². The lowest BCUT2D eigenvalue weighted by atomic mass is 10.3. The molecule has 4 nitrogen and oxygen atoms in total. The van der Waals surface area contributed by atoms with Crippen molar-refractivity contribution in [2.45, 2.75) is 0 Å². The van der Waals surface area contributed by atoms with Crippen LogP contribution in [0.25, 0.3) is 0 Å². The van der Waals surface area contributed by atoms with Crippen LogP contribution in [0.5, 0.6) is 0 Å². The number of benzene rings is 1. The van der Waals surface area contributed by atoms with Crippen molar-refractivity contribution in [2.75, 3.05) is 11.1 Å². The van der Waals surface area contributed by atoms with Crippen LogP contribution < -0.4 is 11.1 Å². The van der Waals surface area contributed by atoms with Gasteiger partial charge in [0.05, 0.1) is 21.9 Å². The average Bonchev–Trinajstić information content (AvgIpc) is 2.70. The molecule has 0 unspecified atom stereocenters. The first-order valence-electron chi connectivity index (χ1n) is 4.54. The highest BCUT2D eigenvalue weighted by Crippen LogP contribution is 2.30. The summed E-state index contributed by atoms with van der Waals surface area (Å²) in [7, 11) is 0. The van der Waals surface area contributed by atoms with E-state index in [4.69, 9.17) is 28.9 Å². The maximum absolute atomic E-state index is 11.8. The number of nitrogens with two attached hydrogens (primary N) is 1. The molecule has 88 valence electrons. The summed E-state index contributed by atoms with van der Waals surface area (Å²) in [6.07, 6.45) is 1.40. The van der Waals surface area contributed by atoms with Crippen molar-refractivity contribution in [1.29, 1.82) is 0 Å². The van der Waals surface area contributed by atoms with Gasteiger partial charge in [-0.15, -0.1) is 0 Å². The van der Waals surface area contributed by atoms with Gasteiger partial charge in [0.25, 0.3) is 5.91 Å². The molecular formula is C10H7Cl2N3OS. The van der Waals surface area contributed by atoms with Crippen LogP contribution in [-0.2, 0) is 0 Å². The topological polar surface area (TPSA) is 68.0 Å². The summed E-state index contributed by atoms with van der Waals surface area (Å²) in [5, 5.41) is 3.71. The highest BCUT2D eigenvalue weighted by molar-refractivity contribution is 7.17. The molecule has 2 rings (SSSR count). The molecule has 3 N–H and O–H groups in total. The number of aromatic nitrogens is 1. The SMILES string of the molecule is Nc1ncc(C(=O)Nc2c(Cl)cccc2Cl)s1. The van der Waals surface area contributed by atoms with Gasteiger partial charge in [-0.05, 0) is 12.1 Å². The van der Waals surface area contributed by atoms with E-state index in [0.29, 0.717) is 25.7 Å². The fraction of sp³-hybridized carbons (Fsp3) is 0. The van der Waals surface area contributed by atoms with Gasteiger partial charge in [0.2, 0.25) is 0 Å². The smallest absolute Gasteiger partial charge is 0.267 e. The zero-order valence-corrected chi connectivity index (χ0v) is 10.7. The van der Waals surface area contributed by atoms with E-state index in [1.165, 1.54) is 6.20 Å². The van der Waals surface area contributed by atoms with Crippen LogP contribution in [0.4, 0.5) is 10.8 Å². The van der Waals surface area contributed by atoms with E-state index in [-0.39, 0.29) is 5.91 Å². The average molecular weight is 288 g/mol. The Morgan fingerprint density at radius 2 is 2.00 bits per heavy atom. The van der Waals surface area contributed by atoms with E-state index >= 15 is 0 Å². The number of carbonyl (C=O) groups excluding carboxylic acids is 1. The largest absolute Gasteiger partial charge is 0.375 e. The zero-order valence-electron chi connectivity index (χ0n) is 8.41. The number of nitrogen functional groups attached to an aromatic ring is 1. The second-order valence-electron chi connectivity index (χ2n) is 3.11. The lowest BCUT2D eigenvalue weighted by molar-refractivity contribution is 0.103. The second-order valence-corrected chi connectivity index (χ2v) is 4.99. The van der Waals surface area contributed by atoms with Crippen molar-refractivity contribution >= 4 is 51.3 Å². The third-order valence-corrected chi connectivity index (χ3v) is 3.40. The Kier molecular flexibility index (Phi) is 3.51. The van der Waals surface area contributed by atoms with Crippen LogP contribution >= 0.6 is 34.5 Å². The summed E-state index contributed by atoms with van der Waals surface area (Å²) in [4.78, 5) is 16.0. The Labute approximate surface area is 111 Å². The molecule has 2 aromatic rings. The molecule has 1 aromatic heterocycles. The van der Waals surface area contributed by atoms with Gasteiger partial charge in [-0.1, -0.05) is 40.6 Å². The lowest BCUT2D eigenvalue weighted by Gasteiger charge is -2.07. The van der Waals surface area contributed by atoms with E-state index in [0.717, 1.165) is 11.3 Å². The number of rotatable bonds is 2. The second kappa shape index (κ2) is 4.91. The van der Waals surface area contributed by atoms with Crippen molar-refractivity contribution in [3.8, 4) is 0 Å². The molecule has 1 aromatic carbocycles. The number of hydrogen-bond donors (Lipinski definition) is 2. The van der Waals surface area contributed by atoms with Crippen LogP contribution in [0, 0.1) is 0 Å². The number of carbonyl (C=O) groups is 1. The number of hydrogen-bond acceptors (Lipinski definition) is 4. The Morgan fingerprint density at radius 1 is 1.35 bits per heavy atom. The van der Waals surface area contributed by atoms with Crippen molar-refractivity contribution in [3.05, 3.63) is 39.3 Å². The van der Waals surface area contributed by atoms with Crippen LogP contribution in [0.3, 0.4) is 0 Å². The molecule has 0 atom stereocenters. The van der Waals surface area contributed by atoms with Crippen LogP contribution in [-0.4, -0.2) is 10.9 Å². The number of amides is 1. The third kappa shape index (κ3) is 2.69. The molecule has 17 heavy (non-hydrogen) atoms. The quantitative estimate of drug-likeness (QED) is 0.891. The third-order valence-electron chi connectivity index (χ3n) is 1.95. The van der Waals surface area contributed by atoms with Crippen LogP contribution in [0.2, 0.25) is 10.0 Å². The molecular weight excluding hydrogens is 281 g/mol. The Morgan fingerprint density at radius 3 is 2.53 bits per heavy atom. The maximum Gasteiger partial charge on any atom is 0.267 e. The minimum absolute atomic E-state index is 0.334. The minimum Gasteiger partial charge on any atom is -0.375 e. The molecule has 0 saturated carbocycles. The van der Waals surface area contributed by atoms with Crippen molar-refractivity contribution in [2.24, 2.45) is 0 Å². The van der Waals surface area contributed by atoms with Gasteiger partial charge in [0, 0.05) is 0 Å². The first kappa shape index (κ1) is 12.2. The van der Waals surface area contributed by atoms with Gasteiger partial charge in [0.1, 0.15) is 4.88 Å². The number of thiazole rings is 1. The fourth-order valence-corrected chi connectivity index (χ4v) is 2.26. The normalized spacial score (nSPS) is 10.2. The summed E-state index contributed by atoms with van der Waals surface area (Å²) < 4.78 is 0. The number of nitrogens with one attached hydrogen (secondary N) is 1.